The number of esters is 1. The number of benzene rings is 1. The van der Waals surface area contributed by atoms with E-state index in [1.807, 2.05) is 0 Å². The van der Waals surface area contributed by atoms with Crippen LogP contribution in [0.2, 0.25) is 0 Å². The zero-order chi connectivity index (χ0) is 19.6. The second-order valence-corrected chi connectivity index (χ2v) is 9.09. The van der Waals surface area contributed by atoms with Gasteiger partial charge < -0.3 is 10.1 Å². The van der Waals surface area contributed by atoms with Crippen molar-refractivity contribution in [2.45, 2.75) is 30.6 Å². The fourth-order valence-electron chi connectivity index (χ4n) is 3.07. The summed E-state index contributed by atoms with van der Waals surface area (Å²) in [5, 5.41) is 3.20. The molecule has 9 heteroatoms. The molecule has 0 radical (unpaired) electrons. The van der Waals surface area contributed by atoms with Crippen molar-refractivity contribution in [1.29, 1.82) is 0 Å². The highest BCUT2D eigenvalue weighted by Gasteiger charge is 2.27. The Morgan fingerprint density at radius 3 is 2.63 bits per heavy atom. The number of carbonyl (C=O) groups is 2. The van der Waals surface area contributed by atoms with Gasteiger partial charge in [0.15, 0.2) is 0 Å². The number of carbonyl (C=O) groups excluding carboxylic acids is 2. The zero-order valence-corrected chi connectivity index (χ0v) is 16.6. The number of hydrogen-bond acceptors (Lipinski definition) is 6. The molecule has 0 atom stereocenters. The molecule has 1 aromatic heterocycles. The van der Waals surface area contributed by atoms with Crippen molar-refractivity contribution in [3.8, 4) is 0 Å². The van der Waals surface area contributed by atoms with E-state index in [0.717, 1.165) is 36.1 Å². The standard InChI is InChI=1S/C18H20N2O5S2/c1-19-27(23,24)12-7-5-6-11(10-12)16(21)20-17-15(18(22)25-2)13-8-3-4-9-14(13)26-17/h5-7,10,19H,3-4,8-9H2,1-2H3,(H,20,21). The molecule has 0 saturated carbocycles. The normalized spacial score (nSPS) is 13.7. The minimum Gasteiger partial charge on any atom is -0.465 e. The predicted molar refractivity (Wildman–Crippen MR) is 103 cm³/mol. The second kappa shape index (κ2) is 7.79. The molecule has 0 saturated heterocycles. The average molecular weight is 409 g/mol. The summed E-state index contributed by atoms with van der Waals surface area (Å²) in [7, 11) is -1.04. The van der Waals surface area contributed by atoms with Gasteiger partial charge in [-0.15, -0.1) is 11.3 Å². The van der Waals surface area contributed by atoms with E-state index in [4.69, 9.17) is 4.74 Å². The molecule has 1 amide bonds. The number of anilines is 1. The molecular weight excluding hydrogens is 388 g/mol. The van der Waals surface area contributed by atoms with Crippen LogP contribution in [0.15, 0.2) is 29.2 Å². The smallest absolute Gasteiger partial charge is 0.341 e. The molecule has 1 heterocycles. The number of ether oxygens (including phenoxy) is 1. The summed E-state index contributed by atoms with van der Waals surface area (Å²) in [5.41, 5.74) is 1.54. The van der Waals surface area contributed by atoms with Crippen LogP contribution < -0.4 is 10.0 Å². The largest absolute Gasteiger partial charge is 0.465 e. The summed E-state index contributed by atoms with van der Waals surface area (Å²) in [4.78, 5) is 26.0. The van der Waals surface area contributed by atoms with E-state index < -0.39 is 21.9 Å². The fourth-order valence-corrected chi connectivity index (χ4v) is 5.12. The topological polar surface area (TPSA) is 102 Å². The van der Waals surface area contributed by atoms with Crippen molar-refractivity contribution in [2.75, 3.05) is 19.5 Å². The van der Waals surface area contributed by atoms with Crippen LogP contribution in [-0.2, 0) is 27.6 Å². The molecule has 1 aliphatic rings. The first-order valence-electron chi connectivity index (χ1n) is 8.45. The molecule has 144 valence electrons. The Kier molecular flexibility index (Phi) is 5.64. The van der Waals surface area contributed by atoms with E-state index in [-0.39, 0.29) is 10.5 Å². The minimum atomic E-state index is -3.66. The first-order chi connectivity index (χ1) is 12.9. The van der Waals surface area contributed by atoms with E-state index in [0.29, 0.717) is 10.6 Å². The maximum absolute atomic E-state index is 12.7. The number of thiophene rings is 1. The number of hydrogen-bond donors (Lipinski definition) is 2. The molecule has 2 aromatic rings. The van der Waals surface area contributed by atoms with E-state index in [9.17, 15) is 18.0 Å². The Morgan fingerprint density at radius 2 is 1.93 bits per heavy atom. The average Bonchev–Trinajstić information content (AvgIpc) is 3.05. The van der Waals surface area contributed by atoms with Crippen LogP contribution in [0.1, 0.15) is 44.0 Å². The van der Waals surface area contributed by atoms with Crippen LogP contribution in [0.25, 0.3) is 0 Å². The number of nitrogens with one attached hydrogen (secondary N) is 2. The highest BCUT2D eigenvalue weighted by atomic mass is 32.2. The highest BCUT2D eigenvalue weighted by molar-refractivity contribution is 7.89. The van der Waals surface area contributed by atoms with Crippen LogP contribution in [0.3, 0.4) is 0 Å². The molecule has 1 aliphatic carbocycles. The second-order valence-electron chi connectivity index (χ2n) is 6.10. The lowest BCUT2D eigenvalue weighted by Gasteiger charge is -2.12. The molecule has 27 heavy (non-hydrogen) atoms. The minimum absolute atomic E-state index is 0.00341. The number of fused-ring (bicyclic) bond motifs is 1. The lowest BCUT2D eigenvalue weighted by Crippen LogP contribution is -2.20. The molecule has 1 aromatic carbocycles. The Balaban J connectivity index is 1.94. The highest BCUT2D eigenvalue weighted by Crippen LogP contribution is 2.38. The van der Waals surface area contributed by atoms with Crippen molar-refractivity contribution in [1.82, 2.24) is 4.72 Å². The molecule has 3 rings (SSSR count). The first kappa shape index (κ1) is 19.5. The molecule has 2 N–H and O–H groups in total. The van der Waals surface area contributed by atoms with Crippen LogP contribution >= 0.6 is 11.3 Å². The quantitative estimate of drug-likeness (QED) is 0.741. The van der Waals surface area contributed by atoms with Gasteiger partial charge in [0, 0.05) is 10.4 Å². The lowest BCUT2D eigenvalue weighted by atomic mass is 9.95. The molecule has 0 bridgehead atoms. The van der Waals surface area contributed by atoms with Gasteiger partial charge >= 0.3 is 5.97 Å². The fraction of sp³-hybridized carbons (Fsp3) is 0.333. The van der Waals surface area contributed by atoms with Gasteiger partial charge in [-0.3, -0.25) is 4.79 Å². The summed E-state index contributed by atoms with van der Waals surface area (Å²) in [5.74, 6) is -0.955. The van der Waals surface area contributed by atoms with Crippen molar-refractivity contribution < 1.29 is 22.7 Å². The monoisotopic (exact) mass is 408 g/mol. The van der Waals surface area contributed by atoms with E-state index >= 15 is 0 Å². The summed E-state index contributed by atoms with van der Waals surface area (Å²) < 4.78 is 31.0. The van der Waals surface area contributed by atoms with Gasteiger partial charge in [-0.1, -0.05) is 6.07 Å². The van der Waals surface area contributed by atoms with Crippen LogP contribution in [0.5, 0.6) is 0 Å². The van der Waals surface area contributed by atoms with Crippen molar-refractivity contribution in [2.24, 2.45) is 0 Å². The number of rotatable bonds is 5. The number of sulfonamides is 1. The maximum atomic E-state index is 12.7. The third-order valence-corrected chi connectivity index (χ3v) is 7.08. The molecular formula is C18H20N2O5S2. The van der Waals surface area contributed by atoms with E-state index in [1.54, 1.807) is 0 Å². The van der Waals surface area contributed by atoms with E-state index in [1.165, 1.54) is 49.8 Å². The Bertz CT molecular complexity index is 995. The molecule has 7 nitrogen and oxygen atoms in total. The van der Waals surface area contributed by atoms with Crippen LogP contribution in [0.4, 0.5) is 5.00 Å². The SMILES string of the molecule is CNS(=O)(=O)c1cccc(C(=O)Nc2sc3c(c2C(=O)OC)CCCC3)c1. The number of methoxy groups -OCH3 is 1. The number of aryl methyl sites for hydroxylation is 1. The van der Waals surface area contributed by atoms with Gasteiger partial charge in [-0.25, -0.2) is 17.9 Å². The zero-order valence-electron chi connectivity index (χ0n) is 15.0. The van der Waals surface area contributed by atoms with Gasteiger partial charge in [0.05, 0.1) is 17.6 Å². The molecule has 0 unspecified atom stereocenters. The molecule has 0 fully saturated rings. The Morgan fingerprint density at radius 1 is 1.19 bits per heavy atom. The first-order valence-corrected chi connectivity index (χ1v) is 10.7. The molecule has 0 spiro atoms. The van der Waals surface area contributed by atoms with Gasteiger partial charge in [0.2, 0.25) is 10.0 Å². The number of amides is 1. The third kappa shape index (κ3) is 3.90. The van der Waals surface area contributed by atoms with E-state index in [2.05, 4.69) is 10.0 Å². The summed E-state index contributed by atoms with van der Waals surface area (Å²) in [6.07, 6.45) is 3.69. The molecule has 0 aliphatic heterocycles. The van der Waals surface area contributed by atoms with Crippen molar-refractivity contribution in [3.63, 3.8) is 0 Å². The summed E-state index contributed by atoms with van der Waals surface area (Å²) >= 11 is 1.38. The summed E-state index contributed by atoms with van der Waals surface area (Å²) in [6, 6.07) is 5.73. The summed E-state index contributed by atoms with van der Waals surface area (Å²) in [6.45, 7) is 0. The predicted octanol–water partition coefficient (Wildman–Crippen LogP) is 2.57. The third-order valence-electron chi connectivity index (χ3n) is 4.46. The van der Waals surface area contributed by atoms with Crippen molar-refractivity contribution >= 4 is 38.2 Å². The lowest BCUT2D eigenvalue weighted by molar-refractivity contribution is 0.0601. The van der Waals surface area contributed by atoms with Gasteiger partial charge in [-0.2, -0.15) is 0 Å². The Labute approximate surface area is 161 Å². The van der Waals surface area contributed by atoms with Crippen LogP contribution in [-0.4, -0.2) is 34.5 Å². The maximum Gasteiger partial charge on any atom is 0.341 e. The van der Waals surface area contributed by atoms with Crippen LogP contribution in [0, 0.1) is 0 Å². The Hall–Kier alpha value is -2.23. The van der Waals surface area contributed by atoms with Gasteiger partial charge in [0.1, 0.15) is 5.00 Å². The van der Waals surface area contributed by atoms with Gasteiger partial charge in [0.25, 0.3) is 5.91 Å². The van der Waals surface area contributed by atoms with Crippen molar-refractivity contribution in [3.05, 3.63) is 45.8 Å². The van der Waals surface area contributed by atoms with Gasteiger partial charge in [-0.05, 0) is 56.5 Å².